The molecule has 0 saturated carbocycles. The van der Waals surface area contributed by atoms with Gasteiger partial charge in [-0.1, -0.05) is 295 Å². The quantitative estimate of drug-likeness (QED) is 0.0195. The van der Waals surface area contributed by atoms with Crippen molar-refractivity contribution in [1.29, 1.82) is 0 Å². The third-order valence-electron chi connectivity index (χ3n) is 14.6. The summed E-state index contributed by atoms with van der Waals surface area (Å²) in [5.41, 5.74) is 0. The van der Waals surface area contributed by atoms with Crippen molar-refractivity contribution in [2.24, 2.45) is 0 Å². The van der Waals surface area contributed by atoms with Crippen molar-refractivity contribution >= 4 is 17.9 Å². The van der Waals surface area contributed by atoms with E-state index < -0.39 is 30.3 Å². The predicted octanol–water partition coefficient (Wildman–Crippen LogP) is 22.7. The summed E-state index contributed by atoms with van der Waals surface area (Å²) in [6.45, 7) is 4.42. The molecule has 97 heavy (non-hydrogen) atoms. The van der Waals surface area contributed by atoms with E-state index in [0.717, 1.165) is 167 Å². The molecule has 0 aliphatic rings. The van der Waals surface area contributed by atoms with Crippen molar-refractivity contribution in [3.8, 4) is 0 Å². The molecule has 0 aromatic rings. The van der Waals surface area contributed by atoms with E-state index in [-0.39, 0.29) is 32.7 Å². The number of nitrogens with zero attached hydrogens (tertiary/aromatic N) is 1. The Kier molecular flexibility index (Phi) is 69.5. The number of esters is 2. The number of carbonyl (C=O) groups excluding carboxylic acids is 3. The van der Waals surface area contributed by atoms with Gasteiger partial charge in [-0.3, -0.25) is 9.59 Å². The Labute approximate surface area is 592 Å². The zero-order chi connectivity index (χ0) is 70.4. The lowest BCUT2D eigenvalue weighted by Crippen LogP contribution is -2.44. The van der Waals surface area contributed by atoms with Crippen LogP contribution in [0.2, 0.25) is 0 Å². The first kappa shape index (κ1) is 90.1. The van der Waals surface area contributed by atoms with Crippen molar-refractivity contribution in [1.82, 2.24) is 0 Å². The molecule has 0 rings (SSSR count). The first-order valence-corrected chi connectivity index (χ1v) is 37.2. The van der Waals surface area contributed by atoms with Gasteiger partial charge in [-0.15, -0.1) is 0 Å². The minimum absolute atomic E-state index is 0.125. The summed E-state index contributed by atoms with van der Waals surface area (Å²) >= 11 is 0. The van der Waals surface area contributed by atoms with Crippen LogP contribution in [0.15, 0.2) is 243 Å². The Hall–Kier alpha value is -6.91. The van der Waals surface area contributed by atoms with Crippen LogP contribution in [0.1, 0.15) is 232 Å². The monoisotopic (exact) mass is 1330 g/mol. The van der Waals surface area contributed by atoms with Gasteiger partial charge in [0.15, 0.2) is 12.4 Å². The van der Waals surface area contributed by atoms with E-state index in [9.17, 15) is 19.5 Å². The van der Waals surface area contributed by atoms with Crippen LogP contribution in [0.25, 0.3) is 0 Å². The van der Waals surface area contributed by atoms with Crippen LogP contribution in [-0.4, -0.2) is 82.3 Å². The van der Waals surface area contributed by atoms with Crippen molar-refractivity contribution < 1.29 is 42.9 Å². The van der Waals surface area contributed by atoms with Crippen LogP contribution in [0.4, 0.5) is 0 Å². The third-order valence-corrected chi connectivity index (χ3v) is 14.6. The summed E-state index contributed by atoms with van der Waals surface area (Å²) in [5, 5.41) is 11.8. The average Bonchev–Trinajstić information content (AvgIpc) is 2.39. The topological polar surface area (TPSA) is 111 Å². The molecule has 0 saturated heterocycles. The predicted molar refractivity (Wildman–Crippen MR) is 416 cm³/mol. The normalized spacial score (nSPS) is 14.1. The molecule has 0 fully saturated rings. The largest absolute Gasteiger partial charge is 0.545 e. The molecule has 0 N–H and O–H groups in total. The number of hydrogen-bond donors (Lipinski definition) is 0. The number of hydrogen-bond acceptors (Lipinski definition) is 8. The fraction of sp³-hybridized carbons (Fsp3) is 0.511. The Morgan fingerprint density at radius 1 is 0.309 bits per heavy atom. The van der Waals surface area contributed by atoms with Gasteiger partial charge in [-0.05, 0) is 167 Å². The number of unbranched alkanes of at least 4 members (excludes halogenated alkanes) is 10. The molecule has 0 bridgehead atoms. The van der Waals surface area contributed by atoms with E-state index in [1.54, 1.807) is 0 Å². The molecule has 0 heterocycles. The molecule has 0 spiro atoms. The summed E-state index contributed by atoms with van der Waals surface area (Å²) in [6.07, 6.45) is 118. The van der Waals surface area contributed by atoms with Crippen LogP contribution < -0.4 is 5.11 Å². The summed E-state index contributed by atoms with van der Waals surface area (Å²) in [5.74, 6) is -2.38. The van der Waals surface area contributed by atoms with Crippen LogP contribution in [-0.2, 0) is 33.3 Å². The molecule has 0 aromatic carbocycles. The number of ether oxygens (including phenoxy) is 4. The number of rotatable bonds is 65. The standard InChI is InChI=1S/C88H133NO8/c1-6-8-10-12-14-16-18-20-22-24-26-28-30-32-34-36-38-40-41-42-43-44-45-47-49-51-53-55-57-59-61-63-65-67-69-71-73-75-77-79-86(91)97-84(83-96-88(87(92)93)94-81-80-89(3,4)5)82-95-85(90)78-76-74-72-70-68-66-64-62-60-58-56-54-52-50-48-46-39-37-35-33-31-29-27-25-23-21-19-17-15-13-11-9-7-2/h8-11,14-17,20-23,26-29,32-35,38-40,42-43,45-47,50-53,56-59,62,64,68,70,84,88H,6-7,12-13,18-19,24-25,30-31,36-37,41,44,48-49,54-55,60-61,63,65-67,69,71-83H2,1-5H3/b10-8-,11-9-,16-14-,17-15-,22-20-,23-21-,28-26-,29-27-,34-32-,35-33-,40-38-,43-42-,46-39-,47-45-,52-50-,53-51-,58-56-,59-57-,64-62-,70-68-. The van der Waals surface area contributed by atoms with Crippen LogP contribution in [0.5, 0.6) is 0 Å². The maximum atomic E-state index is 13.0. The van der Waals surface area contributed by atoms with Crippen LogP contribution in [0, 0.1) is 0 Å². The number of carbonyl (C=O) groups is 3. The highest BCUT2D eigenvalue weighted by Crippen LogP contribution is 2.14. The Balaban J connectivity index is 4.29. The van der Waals surface area contributed by atoms with E-state index in [2.05, 4.69) is 257 Å². The number of carboxylic acids is 1. The summed E-state index contributed by atoms with van der Waals surface area (Å²) in [6, 6.07) is 0. The Morgan fingerprint density at radius 2 is 0.557 bits per heavy atom. The van der Waals surface area contributed by atoms with Crippen molar-refractivity contribution in [2.45, 2.75) is 245 Å². The number of quaternary nitrogens is 1. The fourth-order valence-corrected chi connectivity index (χ4v) is 9.00. The van der Waals surface area contributed by atoms with Gasteiger partial charge in [-0.2, -0.15) is 0 Å². The molecule has 0 radical (unpaired) electrons. The van der Waals surface area contributed by atoms with E-state index in [1.165, 1.54) is 25.7 Å². The van der Waals surface area contributed by atoms with Crippen molar-refractivity contribution in [2.75, 3.05) is 47.5 Å². The SMILES string of the molecule is CC/C=C\C/C=C\C/C=C\C/C=C\C/C=C\C/C=C\C/C=C\C/C=C\C/C=C\C/C=C\CCCCCCCCCCC(=O)OC(COC(=O)CCCC/C=C\C/C=C\C/C=C\C/C=C\C/C=C\C/C=C\C/C=C\C/C=C\C/C=C\C/C=C\CC)COC(OCC[N+](C)(C)C)C(=O)[O-]. The molecule has 9 heteroatoms. The number of aliphatic carboxylic acids is 1. The number of carboxylic acid groups (broad SMARTS) is 1. The number of likely N-dealkylation sites (N-methyl/N-ethyl adjacent to an activating group) is 1. The van der Waals surface area contributed by atoms with Gasteiger partial charge in [0.1, 0.15) is 13.2 Å². The maximum absolute atomic E-state index is 13.0. The number of allylic oxidation sites excluding steroid dienone is 40. The molecule has 0 aliphatic carbocycles. The molecule has 2 unspecified atom stereocenters. The first-order valence-electron chi connectivity index (χ1n) is 37.2. The molecule has 0 amide bonds. The highest BCUT2D eigenvalue weighted by molar-refractivity contribution is 5.70. The smallest absolute Gasteiger partial charge is 0.306 e. The van der Waals surface area contributed by atoms with E-state index in [4.69, 9.17) is 18.9 Å². The molecule has 538 valence electrons. The highest BCUT2D eigenvalue weighted by Gasteiger charge is 2.22. The van der Waals surface area contributed by atoms with E-state index >= 15 is 0 Å². The van der Waals surface area contributed by atoms with Gasteiger partial charge >= 0.3 is 11.9 Å². The third kappa shape index (κ3) is 76.3. The van der Waals surface area contributed by atoms with Crippen molar-refractivity contribution in [3.05, 3.63) is 243 Å². The average molecular weight is 1330 g/mol. The molecular weight excluding hydrogens is 1200 g/mol. The van der Waals surface area contributed by atoms with Gasteiger partial charge in [-0.25, -0.2) is 0 Å². The fourth-order valence-electron chi connectivity index (χ4n) is 9.00. The molecule has 0 aliphatic heterocycles. The summed E-state index contributed by atoms with van der Waals surface area (Å²) < 4.78 is 22.7. The van der Waals surface area contributed by atoms with Gasteiger partial charge in [0.2, 0.25) is 0 Å². The molecular formula is C88H133NO8. The second kappa shape index (κ2) is 74.9. The molecule has 2 atom stereocenters. The van der Waals surface area contributed by atoms with Gasteiger partial charge in [0.25, 0.3) is 0 Å². The van der Waals surface area contributed by atoms with Gasteiger partial charge in [0, 0.05) is 12.8 Å². The Morgan fingerprint density at radius 3 is 0.845 bits per heavy atom. The minimum Gasteiger partial charge on any atom is -0.545 e. The maximum Gasteiger partial charge on any atom is 0.306 e. The van der Waals surface area contributed by atoms with Crippen molar-refractivity contribution in [3.63, 3.8) is 0 Å². The molecule has 0 aromatic heterocycles. The summed E-state index contributed by atoms with van der Waals surface area (Å²) in [7, 11) is 5.89. The van der Waals surface area contributed by atoms with E-state index in [0.29, 0.717) is 23.9 Å². The lowest BCUT2D eigenvalue weighted by molar-refractivity contribution is -0.870. The second-order valence-corrected chi connectivity index (χ2v) is 24.8. The lowest BCUT2D eigenvalue weighted by atomic mass is 10.1. The highest BCUT2D eigenvalue weighted by atomic mass is 16.7. The van der Waals surface area contributed by atoms with Crippen LogP contribution in [0.3, 0.4) is 0 Å². The van der Waals surface area contributed by atoms with E-state index in [1.807, 2.05) is 21.1 Å². The first-order chi connectivity index (χ1) is 47.6. The zero-order valence-corrected chi connectivity index (χ0v) is 61.3. The minimum atomic E-state index is -1.65. The van der Waals surface area contributed by atoms with Gasteiger partial charge < -0.3 is 33.3 Å². The molecule has 9 nitrogen and oxygen atoms in total. The zero-order valence-electron chi connectivity index (χ0n) is 61.3. The van der Waals surface area contributed by atoms with Crippen LogP contribution >= 0.6 is 0 Å². The van der Waals surface area contributed by atoms with Gasteiger partial charge in [0.05, 0.1) is 40.3 Å². The summed E-state index contributed by atoms with van der Waals surface area (Å²) in [4.78, 5) is 37.5. The second-order valence-electron chi connectivity index (χ2n) is 24.8. The lowest BCUT2D eigenvalue weighted by Gasteiger charge is -2.26. The Bertz CT molecular complexity index is 2500.